The molecule has 2 unspecified atom stereocenters. The summed E-state index contributed by atoms with van der Waals surface area (Å²) in [5, 5.41) is 5.72. The van der Waals surface area contributed by atoms with E-state index in [9.17, 15) is 0 Å². The number of rotatable bonds is 7. The molecule has 13 heavy (non-hydrogen) atoms. The van der Waals surface area contributed by atoms with Gasteiger partial charge in [-0.3, -0.25) is 0 Å². The first-order chi connectivity index (χ1) is 6.17. The minimum Gasteiger partial charge on any atom is -0.356 e. The molecule has 3 heteroatoms. The molecule has 0 aromatic heterocycles. The van der Waals surface area contributed by atoms with Crippen molar-refractivity contribution in [1.29, 1.82) is 0 Å². The highest BCUT2D eigenvalue weighted by Crippen LogP contribution is 2.29. The lowest BCUT2D eigenvalue weighted by Gasteiger charge is -2.26. The fourth-order valence-electron chi connectivity index (χ4n) is 2.09. The smallest absolute Gasteiger partial charge is 0.0885 e. The summed E-state index contributed by atoms with van der Waals surface area (Å²) in [7, 11) is -0.658. The van der Waals surface area contributed by atoms with Crippen LogP contribution in [0.3, 0.4) is 0 Å². The normalized spacial score (nSPS) is 19.2. The van der Waals surface area contributed by atoms with Crippen molar-refractivity contribution in [3.63, 3.8) is 0 Å². The molecule has 0 bridgehead atoms. The Labute approximate surface area is 88.0 Å². The van der Waals surface area contributed by atoms with E-state index < -0.39 is 8.80 Å². The lowest BCUT2D eigenvalue weighted by atomic mass is 10.3. The van der Waals surface area contributed by atoms with Crippen LogP contribution in [0.2, 0.25) is 23.2 Å². The van der Waals surface area contributed by atoms with E-state index in [2.05, 4.69) is 27.7 Å². The van der Waals surface area contributed by atoms with Crippen LogP contribution in [0.15, 0.2) is 0 Å². The first-order valence-electron chi connectivity index (χ1n) is 5.87. The Morgan fingerprint density at radius 3 is 1.92 bits per heavy atom. The monoisotopic (exact) mass is 217 g/mol. The fraction of sp³-hybridized carbons (Fsp3) is 1.00. The van der Waals surface area contributed by atoms with E-state index in [-0.39, 0.29) is 9.68 Å². The Bertz CT molecular complexity index is 109. The van der Waals surface area contributed by atoms with Gasteiger partial charge in [-0.1, -0.05) is 63.7 Å². The molecule has 0 rings (SSSR count). The highest BCUT2D eigenvalue weighted by atomic mass is 28.3. The van der Waals surface area contributed by atoms with Crippen LogP contribution in [0.25, 0.3) is 0 Å². The van der Waals surface area contributed by atoms with Crippen molar-refractivity contribution in [3.8, 4) is 0 Å². The van der Waals surface area contributed by atoms with Gasteiger partial charge in [-0.05, 0) is 0 Å². The van der Waals surface area contributed by atoms with Crippen LogP contribution < -0.4 is 5.40 Å². The lowest BCUT2D eigenvalue weighted by Crippen LogP contribution is -2.24. The van der Waals surface area contributed by atoms with Crippen molar-refractivity contribution in [2.45, 2.75) is 63.7 Å². The predicted octanol–water partition coefficient (Wildman–Crippen LogP) is 2.27. The van der Waals surface area contributed by atoms with Crippen LogP contribution in [-0.2, 0) is 0 Å². The molecule has 0 aliphatic carbocycles. The molecule has 0 aliphatic rings. The van der Waals surface area contributed by atoms with Gasteiger partial charge in [0.05, 0.1) is 9.68 Å². The Morgan fingerprint density at radius 2 is 1.62 bits per heavy atom. The molecule has 0 amide bonds. The number of nitrogens with two attached hydrogens (primary N) is 1. The van der Waals surface area contributed by atoms with Gasteiger partial charge in [0.15, 0.2) is 0 Å². The third-order valence-electron chi connectivity index (χ3n) is 3.49. The summed E-state index contributed by atoms with van der Waals surface area (Å²) in [6.45, 7) is 9.60. The molecule has 0 radical (unpaired) electrons. The molecule has 0 aromatic rings. The molecular formula is C10H27NSi2. The predicted molar refractivity (Wildman–Crippen MR) is 68.9 cm³/mol. The van der Waals surface area contributed by atoms with Gasteiger partial charge in [-0.2, -0.15) is 0 Å². The topological polar surface area (TPSA) is 26.0 Å². The van der Waals surface area contributed by atoms with E-state index >= 15 is 0 Å². The first kappa shape index (κ1) is 13.4. The maximum absolute atomic E-state index is 5.72. The van der Waals surface area contributed by atoms with E-state index in [1.54, 1.807) is 0 Å². The molecule has 0 spiro atoms. The highest BCUT2D eigenvalue weighted by molar-refractivity contribution is 6.62. The zero-order chi connectivity index (χ0) is 10.3. The van der Waals surface area contributed by atoms with E-state index in [4.69, 9.17) is 5.40 Å². The molecule has 2 atom stereocenters. The summed E-state index contributed by atoms with van der Waals surface area (Å²) >= 11 is 0. The van der Waals surface area contributed by atoms with E-state index in [1.807, 2.05) is 0 Å². The molecular weight excluding hydrogens is 190 g/mol. The molecule has 0 aliphatic heterocycles. The molecule has 0 saturated carbocycles. The van der Waals surface area contributed by atoms with Crippen molar-refractivity contribution in [3.05, 3.63) is 0 Å². The molecule has 0 fully saturated rings. The Hall–Kier alpha value is 0.394. The Kier molecular flexibility index (Phi) is 8.00. The summed E-state index contributed by atoms with van der Waals surface area (Å²) < 4.78 is 0. The number of hydrogen-bond acceptors (Lipinski definition) is 1. The molecule has 0 aromatic carbocycles. The van der Waals surface area contributed by atoms with Crippen molar-refractivity contribution >= 4 is 18.5 Å². The van der Waals surface area contributed by atoms with Gasteiger partial charge in [0.1, 0.15) is 0 Å². The first-order valence-corrected chi connectivity index (χ1v) is 9.83. The van der Waals surface area contributed by atoms with Gasteiger partial charge in [0.2, 0.25) is 0 Å². The molecule has 0 heterocycles. The van der Waals surface area contributed by atoms with Crippen LogP contribution in [0, 0.1) is 0 Å². The second-order valence-corrected chi connectivity index (χ2v) is 9.83. The maximum Gasteiger partial charge on any atom is 0.0885 e. The van der Waals surface area contributed by atoms with Crippen LogP contribution in [0.5, 0.6) is 0 Å². The third-order valence-corrected chi connectivity index (χ3v) is 10.1. The number of hydrogen-bond donors (Lipinski definition) is 1. The third kappa shape index (κ3) is 4.98. The van der Waals surface area contributed by atoms with Crippen LogP contribution in [0.4, 0.5) is 0 Å². The van der Waals surface area contributed by atoms with Gasteiger partial charge in [0.25, 0.3) is 0 Å². The van der Waals surface area contributed by atoms with Crippen LogP contribution in [-0.4, -0.2) is 18.5 Å². The average molecular weight is 218 g/mol. The van der Waals surface area contributed by atoms with Gasteiger partial charge < -0.3 is 5.40 Å². The van der Waals surface area contributed by atoms with Gasteiger partial charge in [-0.15, -0.1) is 0 Å². The van der Waals surface area contributed by atoms with Crippen LogP contribution >= 0.6 is 0 Å². The van der Waals surface area contributed by atoms with E-state index in [1.165, 1.54) is 24.9 Å². The van der Waals surface area contributed by atoms with Crippen molar-refractivity contribution in [2.24, 2.45) is 5.40 Å². The maximum atomic E-state index is 5.72. The molecule has 80 valence electrons. The summed E-state index contributed by atoms with van der Waals surface area (Å²) in [5.41, 5.74) is 2.05. The largest absolute Gasteiger partial charge is 0.356 e. The van der Waals surface area contributed by atoms with Crippen molar-refractivity contribution in [2.75, 3.05) is 0 Å². The van der Waals surface area contributed by atoms with E-state index in [0.717, 1.165) is 11.1 Å². The standard InChI is InChI=1S/C10H27NSi2/c1-5-9(3)13(8-7-12-11)10(4)6-2/h9-10,13H,5-8,11-12H2,1-4H3. The molecule has 2 N–H and O–H groups in total. The minimum absolute atomic E-state index is 0.173. The molecule has 0 saturated heterocycles. The Balaban J connectivity index is 4.01. The Morgan fingerprint density at radius 1 is 1.15 bits per heavy atom. The SMILES string of the molecule is CCC(C)[SiH](CC[SiH2]N)C(C)CC. The summed E-state index contributed by atoms with van der Waals surface area (Å²) in [5.74, 6) is 0. The highest BCUT2D eigenvalue weighted by Gasteiger charge is 2.22. The second-order valence-electron chi connectivity index (χ2n) is 4.37. The lowest BCUT2D eigenvalue weighted by molar-refractivity contribution is 0.774. The van der Waals surface area contributed by atoms with Gasteiger partial charge in [0, 0.05) is 8.80 Å². The molecule has 1 nitrogen and oxygen atoms in total. The summed E-state index contributed by atoms with van der Waals surface area (Å²) in [4.78, 5) is 0. The second kappa shape index (κ2) is 7.77. The van der Waals surface area contributed by atoms with Crippen molar-refractivity contribution in [1.82, 2.24) is 0 Å². The van der Waals surface area contributed by atoms with Crippen LogP contribution in [0.1, 0.15) is 40.5 Å². The quantitative estimate of drug-likeness (QED) is 0.651. The fourth-order valence-corrected chi connectivity index (χ4v) is 8.39. The zero-order valence-corrected chi connectivity index (χ0v) is 12.4. The average Bonchev–Trinajstić information content (AvgIpc) is 2.17. The minimum atomic E-state index is -0.485. The summed E-state index contributed by atoms with van der Waals surface area (Å²) in [6.07, 6.45) is 2.76. The zero-order valence-electron chi connectivity index (χ0n) is 9.84. The van der Waals surface area contributed by atoms with Gasteiger partial charge >= 0.3 is 0 Å². The van der Waals surface area contributed by atoms with Gasteiger partial charge in [-0.25, -0.2) is 0 Å². The summed E-state index contributed by atoms with van der Waals surface area (Å²) in [6, 6.07) is 2.91. The van der Waals surface area contributed by atoms with Crippen molar-refractivity contribution < 1.29 is 0 Å². The van der Waals surface area contributed by atoms with E-state index in [0.29, 0.717) is 0 Å².